The van der Waals surface area contributed by atoms with E-state index in [0.29, 0.717) is 34.5 Å². The van der Waals surface area contributed by atoms with Gasteiger partial charge in [0.05, 0.1) is 16.3 Å². The molecule has 1 amide bonds. The number of carbonyl (C=O) groups excluding carboxylic acids is 1. The highest BCUT2D eigenvalue weighted by molar-refractivity contribution is 7.90. The molecular formula is C22H19FN6O3S. The van der Waals surface area contributed by atoms with Crippen LogP contribution in [-0.4, -0.2) is 52.3 Å². The Morgan fingerprint density at radius 2 is 1.94 bits per heavy atom. The number of halogens is 1. The van der Waals surface area contributed by atoms with Crippen LogP contribution in [0.4, 0.5) is 4.39 Å². The van der Waals surface area contributed by atoms with Crippen LogP contribution in [0, 0.1) is 5.82 Å². The number of benzene rings is 2. The van der Waals surface area contributed by atoms with Crippen molar-refractivity contribution < 1.29 is 17.6 Å². The van der Waals surface area contributed by atoms with E-state index in [4.69, 9.17) is 0 Å². The van der Waals surface area contributed by atoms with Gasteiger partial charge < -0.3 is 5.32 Å². The molecule has 4 rings (SSSR count). The number of tetrazole rings is 1. The van der Waals surface area contributed by atoms with Gasteiger partial charge in [-0.1, -0.05) is 18.2 Å². The smallest absolute Gasteiger partial charge is 0.251 e. The average Bonchev–Trinajstić information content (AvgIpc) is 3.35. The van der Waals surface area contributed by atoms with Gasteiger partial charge in [0.15, 0.2) is 9.84 Å². The first-order chi connectivity index (χ1) is 15.8. The van der Waals surface area contributed by atoms with Gasteiger partial charge in [0.25, 0.3) is 5.91 Å². The number of rotatable bonds is 7. The Morgan fingerprint density at radius 1 is 1.12 bits per heavy atom. The van der Waals surface area contributed by atoms with Gasteiger partial charge in [0.2, 0.25) is 0 Å². The zero-order valence-corrected chi connectivity index (χ0v) is 18.3. The monoisotopic (exact) mass is 466 g/mol. The first-order valence-electron chi connectivity index (χ1n) is 9.88. The zero-order valence-electron chi connectivity index (χ0n) is 17.5. The average molecular weight is 466 g/mol. The van der Waals surface area contributed by atoms with Crippen molar-refractivity contribution in [2.45, 2.75) is 11.3 Å². The van der Waals surface area contributed by atoms with Crippen LogP contribution >= 0.6 is 0 Å². The molecule has 168 valence electrons. The van der Waals surface area contributed by atoms with Crippen molar-refractivity contribution in [1.82, 2.24) is 30.5 Å². The minimum atomic E-state index is -3.39. The van der Waals surface area contributed by atoms with Crippen LogP contribution in [0.1, 0.15) is 15.9 Å². The lowest BCUT2D eigenvalue weighted by Crippen LogP contribution is -2.26. The lowest BCUT2D eigenvalue weighted by Gasteiger charge is -2.11. The van der Waals surface area contributed by atoms with Crippen molar-refractivity contribution >= 4 is 15.7 Å². The molecule has 2 aromatic heterocycles. The number of hydrogen-bond acceptors (Lipinski definition) is 7. The Labute approximate surface area is 189 Å². The number of aromatic nitrogens is 5. The fraction of sp³-hybridized carbons (Fsp3) is 0.136. The first kappa shape index (κ1) is 22.2. The Hall–Kier alpha value is -3.99. The van der Waals surface area contributed by atoms with Crippen LogP contribution in [0.15, 0.2) is 72.0 Å². The minimum absolute atomic E-state index is 0.0917. The largest absolute Gasteiger partial charge is 0.352 e. The second kappa shape index (κ2) is 9.25. The maximum absolute atomic E-state index is 13.8. The third-order valence-corrected chi connectivity index (χ3v) is 5.99. The van der Waals surface area contributed by atoms with Crippen molar-refractivity contribution in [3.05, 3.63) is 84.1 Å². The number of carbonyl (C=O) groups is 1. The highest BCUT2D eigenvalue weighted by atomic mass is 32.2. The predicted octanol–water partition coefficient (Wildman–Crippen LogP) is 2.24. The molecule has 0 aliphatic carbocycles. The lowest BCUT2D eigenvalue weighted by molar-refractivity contribution is 0.0954. The van der Waals surface area contributed by atoms with Crippen LogP contribution < -0.4 is 5.32 Å². The molecule has 0 unspecified atom stereocenters. The molecule has 4 aromatic rings. The second-order valence-electron chi connectivity index (χ2n) is 7.27. The normalized spacial score (nSPS) is 11.3. The number of nitrogens with zero attached hydrogens (tertiary/aromatic N) is 5. The summed E-state index contributed by atoms with van der Waals surface area (Å²) in [7, 11) is -3.39. The molecule has 11 heteroatoms. The van der Waals surface area contributed by atoms with Crippen molar-refractivity contribution in [1.29, 1.82) is 0 Å². The maximum atomic E-state index is 13.8. The van der Waals surface area contributed by atoms with Crippen LogP contribution in [0.5, 0.6) is 0 Å². The molecule has 0 bridgehead atoms. The second-order valence-corrected chi connectivity index (χ2v) is 9.29. The SMILES string of the molecule is CS(=O)(=O)c1ccc(-c2cc(C(=O)NCCc3ccccc3F)cc(-n3cnnn3)c2)nc1. The molecule has 9 nitrogen and oxygen atoms in total. The molecule has 0 fully saturated rings. The molecule has 33 heavy (non-hydrogen) atoms. The Kier molecular flexibility index (Phi) is 6.22. The summed E-state index contributed by atoms with van der Waals surface area (Å²) in [6.07, 6.45) is 4.10. The quantitative estimate of drug-likeness (QED) is 0.444. The van der Waals surface area contributed by atoms with Crippen molar-refractivity contribution in [2.24, 2.45) is 0 Å². The van der Waals surface area contributed by atoms with E-state index in [1.165, 1.54) is 29.3 Å². The summed E-state index contributed by atoms with van der Waals surface area (Å²) in [6, 6.07) is 14.4. The molecule has 1 N–H and O–H groups in total. The van der Waals surface area contributed by atoms with E-state index >= 15 is 0 Å². The number of pyridine rings is 1. The lowest BCUT2D eigenvalue weighted by atomic mass is 10.0. The van der Waals surface area contributed by atoms with Gasteiger partial charge >= 0.3 is 0 Å². The van der Waals surface area contributed by atoms with E-state index < -0.39 is 9.84 Å². The number of nitrogens with one attached hydrogen (secondary N) is 1. The number of hydrogen-bond donors (Lipinski definition) is 1. The van der Waals surface area contributed by atoms with E-state index in [1.54, 1.807) is 42.5 Å². The summed E-state index contributed by atoms with van der Waals surface area (Å²) in [5.41, 5.74) is 2.39. The van der Waals surface area contributed by atoms with Crippen molar-refractivity contribution in [3.8, 4) is 16.9 Å². The molecular weight excluding hydrogens is 447 g/mol. The highest BCUT2D eigenvalue weighted by Crippen LogP contribution is 2.23. The van der Waals surface area contributed by atoms with Crippen LogP contribution in [-0.2, 0) is 16.3 Å². The van der Waals surface area contributed by atoms with E-state index in [-0.39, 0.29) is 23.2 Å². The first-order valence-corrected chi connectivity index (χ1v) is 11.8. The van der Waals surface area contributed by atoms with Crippen LogP contribution in [0.25, 0.3) is 16.9 Å². The van der Waals surface area contributed by atoms with E-state index in [2.05, 4.69) is 25.8 Å². The van der Waals surface area contributed by atoms with Crippen molar-refractivity contribution in [2.75, 3.05) is 12.8 Å². The van der Waals surface area contributed by atoms with Gasteiger partial charge in [0, 0.05) is 30.1 Å². The zero-order chi connectivity index (χ0) is 23.4. The minimum Gasteiger partial charge on any atom is -0.352 e. The van der Waals surface area contributed by atoms with Gasteiger partial charge in [-0.3, -0.25) is 9.78 Å². The molecule has 0 atom stereocenters. The van der Waals surface area contributed by atoms with Gasteiger partial charge in [-0.15, -0.1) is 5.10 Å². The molecule has 2 aromatic carbocycles. The standard InChI is InChI=1S/C22H19FN6O3S/c1-33(31,32)19-6-7-21(25-13-19)16-10-17(12-18(11-16)29-14-26-27-28-29)22(30)24-9-8-15-4-2-3-5-20(15)23/h2-7,10-14H,8-9H2,1H3,(H,24,30). The van der Waals surface area contributed by atoms with E-state index in [9.17, 15) is 17.6 Å². The van der Waals surface area contributed by atoms with E-state index in [0.717, 1.165) is 6.26 Å². The van der Waals surface area contributed by atoms with Crippen molar-refractivity contribution in [3.63, 3.8) is 0 Å². The summed E-state index contributed by atoms with van der Waals surface area (Å²) in [6.45, 7) is 0.242. The molecule has 0 aliphatic rings. The molecule has 0 saturated heterocycles. The fourth-order valence-electron chi connectivity index (χ4n) is 3.19. The third kappa shape index (κ3) is 5.26. The van der Waals surface area contributed by atoms with Gasteiger partial charge in [-0.2, -0.15) is 0 Å². The Balaban J connectivity index is 1.61. The van der Waals surface area contributed by atoms with E-state index in [1.807, 2.05) is 0 Å². The predicted molar refractivity (Wildman–Crippen MR) is 118 cm³/mol. The molecule has 0 radical (unpaired) electrons. The highest BCUT2D eigenvalue weighted by Gasteiger charge is 2.14. The van der Waals surface area contributed by atoms with Gasteiger partial charge in [-0.25, -0.2) is 17.5 Å². The summed E-state index contributed by atoms with van der Waals surface area (Å²) in [5.74, 6) is -0.686. The summed E-state index contributed by atoms with van der Waals surface area (Å²) in [4.78, 5) is 17.2. The summed E-state index contributed by atoms with van der Waals surface area (Å²) < 4.78 is 38.6. The van der Waals surface area contributed by atoms with Crippen LogP contribution in [0.3, 0.4) is 0 Å². The molecule has 2 heterocycles. The molecule has 0 aliphatic heterocycles. The summed E-state index contributed by atoms with van der Waals surface area (Å²) >= 11 is 0. The fourth-order valence-corrected chi connectivity index (χ4v) is 3.75. The van der Waals surface area contributed by atoms with Gasteiger partial charge in [0.1, 0.15) is 12.1 Å². The summed E-state index contributed by atoms with van der Waals surface area (Å²) in [5, 5.41) is 13.9. The van der Waals surface area contributed by atoms with Crippen LogP contribution in [0.2, 0.25) is 0 Å². The topological polar surface area (TPSA) is 120 Å². The molecule has 0 saturated carbocycles. The van der Waals surface area contributed by atoms with Gasteiger partial charge in [-0.05, 0) is 58.8 Å². The maximum Gasteiger partial charge on any atom is 0.251 e. The third-order valence-electron chi connectivity index (χ3n) is 4.89. The number of sulfone groups is 1. The Bertz CT molecular complexity index is 1390. The molecule has 0 spiro atoms. The number of amides is 1. The Morgan fingerprint density at radius 3 is 2.61 bits per heavy atom.